The minimum atomic E-state index is -1.10. The first-order valence-electron chi connectivity index (χ1n) is 11.0. The number of H-pyrrole nitrogens is 1. The molecule has 1 aromatic heterocycles. The fourth-order valence-corrected chi connectivity index (χ4v) is 3.87. The van der Waals surface area contributed by atoms with Gasteiger partial charge in [0.05, 0.1) is 49.5 Å². The maximum Gasteiger partial charge on any atom is 0.305 e. The van der Waals surface area contributed by atoms with Gasteiger partial charge in [0, 0.05) is 16.0 Å². The van der Waals surface area contributed by atoms with Crippen LogP contribution < -0.4 is 21.3 Å². The number of aliphatic carboxylic acids is 1. The van der Waals surface area contributed by atoms with Crippen molar-refractivity contribution in [2.75, 3.05) is 25.0 Å². The van der Waals surface area contributed by atoms with Gasteiger partial charge in [0.2, 0.25) is 5.91 Å². The molecule has 6 N–H and O–H groups in total. The molecule has 2 amide bonds. The molecule has 2 atom stereocenters. The molecule has 188 valence electrons. The summed E-state index contributed by atoms with van der Waals surface area (Å²) in [7, 11) is 0. The van der Waals surface area contributed by atoms with E-state index in [1.165, 1.54) is 0 Å². The molecular weight excluding hydrogens is 493 g/mol. The quantitative estimate of drug-likeness (QED) is 0.267. The molecule has 0 bridgehead atoms. The monoisotopic (exact) mass is 515 g/mol. The number of amides is 2. The lowest BCUT2D eigenvalue weighted by atomic mass is 10.0. The van der Waals surface area contributed by atoms with E-state index in [1.807, 2.05) is 0 Å². The second-order valence-corrected chi connectivity index (χ2v) is 8.54. The fourth-order valence-electron chi connectivity index (χ4n) is 3.67. The molecule has 0 fully saturated rings. The van der Waals surface area contributed by atoms with Gasteiger partial charge in [-0.25, -0.2) is 9.38 Å². The number of hydrogen-bond donors (Lipinski definition) is 6. The number of halogens is 2. The highest BCUT2D eigenvalue weighted by Gasteiger charge is 2.20. The molecule has 0 saturated heterocycles. The van der Waals surface area contributed by atoms with E-state index in [9.17, 15) is 23.9 Å². The van der Waals surface area contributed by atoms with Gasteiger partial charge in [-0.05, 0) is 29.8 Å². The third-order valence-electron chi connectivity index (χ3n) is 5.39. The third kappa shape index (κ3) is 6.27. The summed E-state index contributed by atoms with van der Waals surface area (Å²) >= 11 is 5.99. The fraction of sp³-hybridized carbons (Fsp3) is 0.261. The number of benzene rings is 2. The van der Waals surface area contributed by atoms with E-state index in [1.54, 1.807) is 42.6 Å². The Morgan fingerprint density at radius 3 is 2.81 bits per heavy atom. The molecule has 1 aliphatic rings. The van der Waals surface area contributed by atoms with E-state index in [4.69, 9.17) is 11.6 Å². The Morgan fingerprint density at radius 1 is 1.25 bits per heavy atom. The summed E-state index contributed by atoms with van der Waals surface area (Å²) in [6.45, 7) is -0.240. The summed E-state index contributed by atoms with van der Waals surface area (Å²) in [4.78, 5) is 40.7. The average molecular weight is 516 g/mol. The number of carbonyl (C=O) groups is 3. The molecule has 0 spiro atoms. The summed E-state index contributed by atoms with van der Waals surface area (Å²) in [6.07, 6.45) is 0.154. The molecule has 4 rings (SSSR count). The first-order chi connectivity index (χ1) is 17.3. The molecule has 0 aliphatic carbocycles. The number of aromatic nitrogens is 2. The summed E-state index contributed by atoms with van der Waals surface area (Å²) in [6, 6.07) is 8.84. The van der Waals surface area contributed by atoms with Crippen molar-refractivity contribution in [2.45, 2.75) is 18.6 Å². The number of rotatable bonds is 8. The van der Waals surface area contributed by atoms with E-state index in [0.717, 1.165) is 0 Å². The van der Waals surface area contributed by atoms with Crippen molar-refractivity contribution in [1.82, 2.24) is 26.1 Å². The minimum Gasteiger partial charge on any atom is -0.481 e. The van der Waals surface area contributed by atoms with E-state index in [0.29, 0.717) is 33.1 Å². The van der Waals surface area contributed by atoms with Crippen molar-refractivity contribution in [3.63, 3.8) is 0 Å². The first-order valence-corrected chi connectivity index (χ1v) is 11.4. The number of carbonyl (C=O) groups excluding carboxylic acids is 2. The minimum absolute atomic E-state index is 0.0250. The second kappa shape index (κ2) is 11.0. The predicted octanol–water partition coefficient (Wildman–Crippen LogP) is 1.99. The van der Waals surface area contributed by atoms with E-state index < -0.39 is 30.0 Å². The molecule has 2 aromatic carbocycles. The maximum atomic E-state index is 13.3. The molecule has 2 heterocycles. The Bertz CT molecular complexity index is 1330. The Kier molecular flexibility index (Phi) is 7.64. The number of fused-ring (bicyclic) bond motifs is 1. The van der Waals surface area contributed by atoms with Crippen molar-refractivity contribution >= 4 is 51.9 Å². The zero-order chi connectivity index (χ0) is 25.7. The highest BCUT2D eigenvalue weighted by molar-refractivity contribution is 6.30. The number of nitrogens with zero attached hydrogens (tertiary/aromatic N) is 2. The lowest BCUT2D eigenvalue weighted by Crippen LogP contribution is -2.41. The first kappa shape index (κ1) is 24.9. The van der Waals surface area contributed by atoms with Gasteiger partial charge >= 0.3 is 5.97 Å². The standard InChI is InChI=1S/C23H23ClFN7O4/c24-14-3-1-2-12(4-14)17(7-21(34)35)30-20(33)11-26-22(36)13-5-18(16-10-29-32-19(16)6-13)31-23-27-8-15(25)9-28-23/h1-6,10,15,17H,7-9,11H2,(H,26,36)(H,29,32)(H,30,33)(H,34,35)(H2,27,28,31). The van der Waals surface area contributed by atoms with Crippen LogP contribution in [0.1, 0.15) is 28.4 Å². The van der Waals surface area contributed by atoms with Gasteiger partial charge in [-0.1, -0.05) is 23.7 Å². The number of carboxylic acids is 1. The van der Waals surface area contributed by atoms with Gasteiger partial charge in [0.15, 0.2) is 5.96 Å². The third-order valence-corrected chi connectivity index (χ3v) is 5.62. The molecule has 2 unspecified atom stereocenters. The van der Waals surface area contributed by atoms with Crippen molar-refractivity contribution in [2.24, 2.45) is 4.99 Å². The molecule has 0 saturated carbocycles. The van der Waals surface area contributed by atoms with Crippen LogP contribution in [0.5, 0.6) is 0 Å². The highest BCUT2D eigenvalue weighted by atomic mass is 35.5. The van der Waals surface area contributed by atoms with Crippen LogP contribution in [0.3, 0.4) is 0 Å². The van der Waals surface area contributed by atoms with E-state index in [2.05, 4.69) is 36.5 Å². The Balaban J connectivity index is 1.43. The molecule has 0 radical (unpaired) electrons. The Labute approximate surface area is 209 Å². The number of carboxylic acid groups (broad SMARTS) is 1. The number of guanidine groups is 1. The summed E-state index contributed by atoms with van der Waals surface area (Å²) < 4.78 is 13.3. The van der Waals surface area contributed by atoms with Crippen LogP contribution >= 0.6 is 11.6 Å². The van der Waals surface area contributed by atoms with Crippen LogP contribution in [0.15, 0.2) is 47.6 Å². The summed E-state index contributed by atoms with van der Waals surface area (Å²) in [5.41, 5.74) is 1.85. The molecule has 36 heavy (non-hydrogen) atoms. The Hall–Kier alpha value is -4.19. The number of hydrogen-bond acceptors (Lipinski definition) is 7. The Morgan fingerprint density at radius 2 is 2.08 bits per heavy atom. The zero-order valence-corrected chi connectivity index (χ0v) is 19.6. The highest BCUT2D eigenvalue weighted by Crippen LogP contribution is 2.24. The van der Waals surface area contributed by atoms with Crippen LogP contribution in [-0.2, 0) is 9.59 Å². The molecule has 3 aromatic rings. The number of anilines is 1. The van der Waals surface area contributed by atoms with Gasteiger partial charge in [0.1, 0.15) is 6.17 Å². The number of aromatic amines is 1. The second-order valence-electron chi connectivity index (χ2n) is 8.10. The molecule has 13 heteroatoms. The average Bonchev–Trinajstić information content (AvgIpc) is 3.32. The number of nitrogens with one attached hydrogen (secondary N) is 5. The molecule has 11 nitrogen and oxygen atoms in total. The number of alkyl halides is 1. The maximum absolute atomic E-state index is 13.3. The lowest BCUT2D eigenvalue weighted by molar-refractivity contribution is -0.137. The normalized spacial score (nSPS) is 15.9. The summed E-state index contributed by atoms with van der Waals surface area (Å²) in [5.74, 6) is -1.84. The van der Waals surface area contributed by atoms with Gasteiger partial charge in [-0.3, -0.25) is 19.5 Å². The predicted molar refractivity (Wildman–Crippen MR) is 132 cm³/mol. The largest absolute Gasteiger partial charge is 0.481 e. The topological polar surface area (TPSA) is 161 Å². The zero-order valence-electron chi connectivity index (χ0n) is 18.8. The van der Waals surface area contributed by atoms with Crippen molar-refractivity contribution in [3.8, 4) is 0 Å². The van der Waals surface area contributed by atoms with Crippen LogP contribution in [0.2, 0.25) is 5.02 Å². The van der Waals surface area contributed by atoms with Crippen LogP contribution in [0.4, 0.5) is 10.1 Å². The van der Waals surface area contributed by atoms with Gasteiger partial charge in [0.25, 0.3) is 5.91 Å². The van der Waals surface area contributed by atoms with Gasteiger partial charge in [-0.2, -0.15) is 5.10 Å². The van der Waals surface area contributed by atoms with Crippen molar-refractivity contribution < 1.29 is 23.9 Å². The van der Waals surface area contributed by atoms with Crippen LogP contribution in [-0.4, -0.2) is 64.9 Å². The molecular formula is C23H23ClFN7O4. The SMILES string of the molecule is O=C(O)CC(NC(=O)CNC(=O)c1cc(NC2=NCC(F)CN2)c2cn[nH]c2c1)c1cccc(Cl)c1. The smallest absolute Gasteiger partial charge is 0.305 e. The van der Waals surface area contributed by atoms with Crippen LogP contribution in [0, 0.1) is 0 Å². The molecule has 1 aliphatic heterocycles. The lowest BCUT2D eigenvalue weighted by Gasteiger charge is -2.19. The van der Waals surface area contributed by atoms with E-state index in [-0.39, 0.29) is 31.6 Å². The van der Waals surface area contributed by atoms with Gasteiger partial charge in [-0.15, -0.1) is 0 Å². The van der Waals surface area contributed by atoms with Crippen LogP contribution in [0.25, 0.3) is 10.9 Å². The van der Waals surface area contributed by atoms with Crippen molar-refractivity contribution in [3.05, 3.63) is 58.7 Å². The van der Waals surface area contributed by atoms with Crippen molar-refractivity contribution in [1.29, 1.82) is 0 Å². The van der Waals surface area contributed by atoms with Gasteiger partial charge < -0.3 is 26.4 Å². The number of aliphatic imine (C=N–C) groups is 1. The summed E-state index contributed by atoms with van der Waals surface area (Å²) in [5, 5.41) is 28.1. The van der Waals surface area contributed by atoms with E-state index >= 15 is 0 Å².